The van der Waals surface area contributed by atoms with Crippen LogP contribution >= 0.6 is 0 Å². The first kappa shape index (κ1) is 16.0. The van der Waals surface area contributed by atoms with Crippen molar-refractivity contribution in [3.05, 3.63) is 66.1 Å². The van der Waals surface area contributed by atoms with Crippen LogP contribution in [0.1, 0.15) is 24.5 Å². The second-order valence-electron chi connectivity index (χ2n) is 5.03. The molecule has 0 saturated carbocycles. The summed E-state index contributed by atoms with van der Waals surface area (Å²) in [5.41, 5.74) is 1.39. The molecule has 1 atom stereocenters. The van der Waals surface area contributed by atoms with Crippen molar-refractivity contribution in [2.24, 2.45) is 0 Å². The molecule has 0 aliphatic rings. The van der Waals surface area contributed by atoms with Gasteiger partial charge in [-0.2, -0.15) is 0 Å². The summed E-state index contributed by atoms with van der Waals surface area (Å²) in [5, 5.41) is 2.90. The Bertz CT molecular complexity index is 599. The standard InChI is InChI=1S/C18H21NO3/c1-3-18(21-2,16-7-5-4-6-8-16)14-19-17(20)10-9-15-11-12-22-13-15/h4-13H,3,14H2,1-2H3,(H,19,20)/b10-9+/t18-/m0/s1. The lowest BCUT2D eigenvalue weighted by Crippen LogP contribution is -2.41. The Morgan fingerprint density at radius 3 is 2.68 bits per heavy atom. The van der Waals surface area contributed by atoms with Gasteiger partial charge in [0.15, 0.2) is 0 Å². The van der Waals surface area contributed by atoms with Crippen LogP contribution in [0.4, 0.5) is 0 Å². The lowest BCUT2D eigenvalue weighted by Gasteiger charge is -2.32. The zero-order valence-electron chi connectivity index (χ0n) is 12.9. The normalized spacial score (nSPS) is 13.9. The smallest absolute Gasteiger partial charge is 0.244 e. The van der Waals surface area contributed by atoms with Crippen molar-refractivity contribution in [1.29, 1.82) is 0 Å². The molecule has 1 amide bonds. The summed E-state index contributed by atoms with van der Waals surface area (Å²) >= 11 is 0. The molecule has 0 radical (unpaired) electrons. The van der Waals surface area contributed by atoms with E-state index in [4.69, 9.17) is 9.15 Å². The molecule has 0 bridgehead atoms. The highest BCUT2D eigenvalue weighted by Crippen LogP contribution is 2.27. The number of carbonyl (C=O) groups is 1. The Labute approximate surface area is 130 Å². The molecule has 1 aromatic carbocycles. The molecule has 0 spiro atoms. The van der Waals surface area contributed by atoms with Crippen LogP contribution in [-0.2, 0) is 15.1 Å². The first-order valence-corrected chi connectivity index (χ1v) is 7.29. The van der Waals surface area contributed by atoms with Gasteiger partial charge in [-0.05, 0) is 24.1 Å². The second-order valence-corrected chi connectivity index (χ2v) is 5.03. The van der Waals surface area contributed by atoms with Crippen LogP contribution < -0.4 is 5.32 Å². The number of methoxy groups -OCH3 is 1. The third kappa shape index (κ3) is 3.86. The average Bonchev–Trinajstić information content (AvgIpc) is 3.09. The minimum atomic E-state index is -0.513. The fourth-order valence-corrected chi connectivity index (χ4v) is 2.34. The maximum Gasteiger partial charge on any atom is 0.244 e. The summed E-state index contributed by atoms with van der Waals surface area (Å²) in [5.74, 6) is -0.160. The quantitative estimate of drug-likeness (QED) is 0.798. The highest BCUT2D eigenvalue weighted by Gasteiger charge is 2.30. The van der Waals surface area contributed by atoms with Crippen molar-refractivity contribution in [3.63, 3.8) is 0 Å². The van der Waals surface area contributed by atoms with Gasteiger partial charge in [0.2, 0.25) is 5.91 Å². The van der Waals surface area contributed by atoms with Crippen LogP contribution in [0.5, 0.6) is 0 Å². The highest BCUT2D eigenvalue weighted by atomic mass is 16.5. The molecule has 0 fully saturated rings. The molecular formula is C18H21NO3. The number of nitrogens with one attached hydrogen (secondary N) is 1. The zero-order valence-corrected chi connectivity index (χ0v) is 12.9. The molecule has 1 heterocycles. The molecule has 2 rings (SSSR count). The maximum absolute atomic E-state index is 12.0. The lowest BCUT2D eigenvalue weighted by molar-refractivity contribution is -0.118. The molecule has 22 heavy (non-hydrogen) atoms. The van der Waals surface area contributed by atoms with Crippen LogP contribution in [0.2, 0.25) is 0 Å². The van der Waals surface area contributed by atoms with Crippen LogP contribution in [-0.4, -0.2) is 19.6 Å². The number of hydrogen-bond acceptors (Lipinski definition) is 3. The van der Waals surface area contributed by atoms with E-state index in [1.54, 1.807) is 31.8 Å². The van der Waals surface area contributed by atoms with E-state index in [9.17, 15) is 4.79 Å². The van der Waals surface area contributed by atoms with Crippen molar-refractivity contribution >= 4 is 12.0 Å². The van der Waals surface area contributed by atoms with Gasteiger partial charge in [0.1, 0.15) is 5.60 Å². The Kier molecular flexibility index (Phi) is 5.55. The van der Waals surface area contributed by atoms with Crippen LogP contribution in [0, 0.1) is 0 Å². The number of carbonyl (C=O) groups excluding carboxylic acids is 1. The molecule has 0 unspecified atom stereocenters. The lowest BCUT2D eigenvalue weighted by atomic mass is 9.90. The molecule has 4 heteroatoms. The fraction of sp³-hybridized carbons (Fsp3) is 0.278. The fourth-order valence-electron chi connectivity index (χ4n) is 2.34. The molecule has 0 aliphatic carbocycles. The van der Waals surface area contributed by atoms with E-state index >= 15 is 0 Å². The van der Waals surface area contributed by atoms with Gasteiger partial charge in [-0.3, -0.25) is 4.79 Å². The van der Waals surface area contributed by atoms with E-state index in [0.29, 0.717) is 6.54 Å². The van der Waals surface area contributed by atoms with Gasteiger partial charge < -0.3 is 14.5 Å². The minimum Gasteiger partial charge on any atom is -0.472 e. The van der Waals surface area contributed by atoms with Crippen molar-refractivity contribution in [2.75, 3.05) is 13.7 Å². The zero-order chi connectivity index (χ0) is 15.8. The number of furan rings is 1. The Morgan fingerprint density at radius 2 is 2.09 bits per heavy atom. The van der Waals surface area contributed by atoms with Crippen LogP contribution in [0.25, 0.3) is 6.08 Å². The summed E-state index contributed by atoms with van der Waals surface area (Å²) in [6, 6.07) is 11.7. The van der Waals surface area contributed by atoms with Gasteiger partial charge in [0, 0.05) is 18.7 Å². The van der Waals surface area contributed by atoms with Gasteiger partial charge >= 0.3 is 0 Å². The second kappa shape index (κ2) is 7.61. The summed E-state index contributed by atoms with van der Waals surface area (Å²) in [4.78, 5) is 12.0. The molecule has 1 N–H and O–H groups in total. The number of benzene rings is 1. The first-order valence-electron chi connectivity index (χ1n) is 7.29. The monoisotopic (exact) mass is 299 g/mol. The number of ether oxygens (including phenoxy) is 1. The number of hydrogen-bond donors (Lipinski definition) is 1. The van der Waals surface area contributed by atoms with E-state index in [2.05, 4.69) is 5.32 Å². The largest absolute Gasteiger partial charge is 0.472 e. The van der Waals surface area contributed by atoms with Crippen molar-refractivity contribution in [1.82, 2.24) is 5.32 Å². The van der Waals surface area contributed by atoms with E-state index in [0.717, 1.165) is 17.5 Å². The number of rotatable bonds is 7. The average molecular weight is 299 g/mol. The SMILES string of the molecule is CC[C@@](CNC(=O)/C=C/c1ccoc1)(OC)c1ccccc1. The Morgan fingerprint density at radius 1 is 1.32 bits per heavy atom. The molecule has 2 aromatic rings. The molecule has 0 saturated heterocycles. The van der Waals surface area contributed by atoms with Gasteiger partial charge in [-0.25, -0.2) is 0 Å². The maximum atomic E-state index is 12.0. The van der Waals surface area contributed by atoms with Gasteiger partial charge in [-0.1, -0.05) is 37.3 Å². The van der Waals surface area contributed by atoms with E-state index in [-0.39, 0.29) is 5.91 Å². The topological polar surface area (TPSA) is 51.5 Å². The number of amides is 1. The summed E-state index contributed by atoms with van der Waals surface area (Å²) in [6.45, 7) is 2.46. The summed E-state index contributed by atoms with van der Waals surface area (Å²) in [6.07, 6.45) is 7.12. The van der Waals surface area contributed by atoms with Gasteiger partial charge in [-0.15, -0.1) is 0 Å². The Balaban J connectivity index is 2.01. The highest BCUT2D eigenvalue weighted by molar-refractivity contribution is 5.91. The van der Waals surface area contributed by atoms with Gasteiger partial charge in [0.25, 0.3) is 0 Å². The molecular weight excluding hydrogens is 278 g/mol. The van der Waals surface area contributed by atoms with Crippen LogP contribution in [0.15, 0.2) is 59.4 Å². The van der Waals surface area contributed by atoms with Crippen molar-refractivity contribution in [2.45, 2.75) is 18.9 Å². The third-order valence-electron chi connectivity index (χ3n) is 3.78. The molecule has 4 nitrogen and oxygen atoms in total. The van der Waals surface area contributed by atoms with Crippen molar-refractivity contribution in [3.8, 4) is 0 Å². The predicted molar refractivity (Wildman–Crippen MR) is 86.2 cm³/mol. The third-order valence-corrected chi connectivity index (χ3v) is 3.78. The first-order chi connectivity index (χ1) is 10.7. The van der Waals surface area contributed by atoms with Gasteiger partial charge in [0.05, 0.1) is 19.1 Å². The van der Waals surface area contributed by atoms with E-state index < -0.39 is 5.60 Å². The minimum absolute atomic E-state index is 0.160. The molecule has 1 aromatic heterocycles. The van der Waals surface area contributed by atoms with Crippen LogP contribution in [0.3, 0.4) is 0 Å². The Hall–Kier alpha value is -2.33. The predicted octanol–water partition coefficient (Wildman–Crippen LogP) is 3.36. The molecule has 116 valence electrons. The van der Waals surface area contributed by atoms with E-state index in [1.807, 2.05) is 37.3 Å². The van der Waals surface area contributed by atoms with Crippen molar-refractivity contribution < 1.29 is 13.9 Å². The molecule has 0 aliphatic heterocycles. The summed E-state index contributed by atoms with van der Waals surface area (Å²) in [7, 11) is 1.67. The van der Waals surface area contributed by atoms with E-state index in [1.165, 1.54) is 6.08 Å². The summed E-state index contributed by atoms with van der Waals surface area (Å²) < 4.78 is 10.7.